The Labute approximate surface area is 196 Å². The quantitative estimate of drug-likeness (QED) is 0.328. The standard InChI is InChI=1S/C27H22N4OS/c1-16-11-13-18(14-12-16)20-15-21(19-8-4-3-5-9-19)30-27-23(20)24(28)25(33-27)26(32)31-22-10-6-7-17(2)29-22/h3-15H,28H2,1-2H3,(H,29,31,32). The Balaban J connectivity index is 1.67. The van der Waals surface area contributed by atoms with Crippen molar-refractivity contribution in [2.75, 3.05) is 11.1 Å². The second-order valence-corrected chi connectivity index (χ2v) is 8.93. The van der Waals surface area contributed by atoms with E-state index in [1.807, 2.05) is 49.4 Å². The summed E-state index contributed by atoms with van der Waals surface area (Å²) in [6.07, 6.45) is 0. The maximum Gasteiger partial charge on any atom is 0.269 e. The van der Waals surface area contributed by atoms with E-state index in [4.69, 9.17) is 10.7 Å². The minimum absolute atomic E-state index is 0.287. The predicted molar refractivity (Wildman–Crippen MR) is 137 cm³/mol. The molecule has 33 heavy (non-hydrogen) atoms. The topological polar surface area (TPSA) is 80.9 Å². The van der Waals surface area contributed by atoms with Crippen LogP contribution in [0.15, 0.2) is 78.9 Å². The van der Waals surface area contributed by atoms with Crippen LogP contribution in [0.25, 0.3) is 32.6 Å². The Hall–Kier alpha value is -4.03. The van der Waals surface area contributed by atoms with Crippen LogP contribution in [0.4, 0.5) is 11.5 Å². The number of thiophene rings is 1. The van der Waals surface area contributed by atoms with Crippen molar-refractivity contribution in [2.24, 2.45) is 0 Å². The number of hydrogen-bond donors (Lipinski definition) is 2. The first-order valence-corrected chi connectivity index (χ1v) is 11.4. The van der Waals surface area contributed by atoms with Crippen LogP contribution in [0.3, 0.4) is 0 Å². The highest BCUT2D eigenvalue weighted by Gasteiger charge is 2.22. The summed E-state index contributed by atoms with van der Waals surface area (Å²) in [5.74, 6) is 0.207. The van der Waals surface area contributed by atoms with Gasteiger partial charge in [-0.2, -0.15) is 0 Å². The van der Waals surface area contributed by atoms with Crippen molar-refractivity contribution < 1.29 is 4.79 Å². The number of nitrogens with two attached hydrogens (primary N) is 1. The van der Waals surface area contributed by atoms with Crippen molar-refractivity contribution in [1.82, 2.24) is 9.97 Å². The van der Waals surface area contributed by atoms with Gasteiger partial charge in [0.2, 0.25) is 0 Å². The molecule has 0 fully saturated rings. The smallest absolute Gasteiger partial charge is 0.269 e. The molecule has 0 aliphatic rings. The minimum atomic E-state index is -0.287. The molecular weight excluding hydrogens is 428 g/mol. The first-order chi connectivity index (χ1) is 16.0. The molecule has 0 bridgehead atoms. The summed E-state index contributed by atoms with van der Waals surface area (Å²) < 4.78 is 0. The molecule has 0 spiro atoms. The SMILES string of the molecule is Cc1ccc(-c2cc(-c3ccccc3)nc3sc(C(=O)Nc4cccc(C)n4)c(N)c23)cc1. The molecule has 3 heterocycles. The van der Waals surface area contributed by atoms with Crippen LogP contribution in [-0.4, -0.2) is 15.9 Å². The number of fused-ring (bicyclic) bond motifs is 1. The third kappa shape index (κ3) is 4.08. The second kappa shape index (κ2) is 8.48. The zero-order chi connectivity index (χ0) is 22.9. The molecule has 5 nitrogen and oxygen atoms in total. The van der Waals surface area contributed by atoms with Gasteiger partial charge in [-0.15, -0.1) is 11.3 Å². The first-order valence-electron chi connectivity index (χ1n) is 10.6. The highest BCUT2D eigenvalue weighted by Crippen LogP contribution is 2.41. The van der Waals surface area contributed by atoms with Crippen molar-refractivity contribution in [3.05, 3.63) is 95.0 Å². The van der Waals surface area contributed by atoms with E-state index in [0.29, 0.717) is 16.4 Å². The van der Waals surface area contributed by atoms with Gasteiger partial charge in [0.25, 0.3) is 5.91 Å². The number of nitrogen functional groups attached to an aromatic ring is 1. The van der Waals surface area contributed by atoms with Crippen LogP contribution in [0.1, 0.15) is 20.9 Å². The number of amides is 1. The van der Waals surface area contributed by atoms with E-state index < -0.39 is 0 Å². The zero-order valence-electron chi connectivity index (χ0n) is 18.3. The number of anilines is 2. The number of aromatic nitrogens is 2. The molecule has 0 aliphatic heterocycles. The normalized spacial score (nSPS) is 11.0. The van der Waals surface area contributed by atoms with Gasteiger partial charge >= 0.3 is 0 Å². The molecule has 0 radical (unpaired) electrons. The lowest BCUT2D eigenvalue weighted by atomic mass is 9.99. The Morgan fingerprint density at radius 3 is 2.36 bits per heavy atom. The molecule has 0 aliphatic carbocycles. The van der Waals surface area contributed by atoms with E-state index in [-0.39, 0.29) is 5.91 Å². The van der Waals surface area contributed by atoms with E-state index in [0.717, 1.165) is 38.3 Å². The average molecular weight is 451 g/mol. The fourth-order valence-electron chi connectivity index (χ4n) is 3.79. The third-order valence-electron chi connectivity index (χ3n) is 5.47. The fourth-order valence-corrected chi connectivity index (χ4v) is 4.81. The Bertz CT molecular complexity index is 1470. The lowest BCUT2D eigenvalue weighted by Crippen LogP contribution is -2.13. The predicted octanol–water partition coefficient (Wildman–Crippen LogP) is 6.48. The summed E-state index contributed by atoms with van der Waals surface area (Å²) in [5.41, 5.74) is 12.8. The number of carbonyl (C=O) groups excluding carboxylic acids is 1. The zero-order valence-corrected chi connectivity index (χ0v) is 19.1. The number of aryl methyl sites for hydroxylation is 2. The fraction of sp³-hybridized carbons (Fsp3) is 0.0741. The molecule has 162 valence electrons. The van der Waals surface area contributed by atoms with Crippen LogP contribution in [0.2, 0.25) is 0 Å². The maximum atomic E-state index is 13.1. The van der Waals surface area contributed by atoms with Gasteiger partial charge in [0.05, 0.1) is 11.4 Å². The molecule has 2 aromatic carbocycles. The van der Waals surface area contributed by atoms with E-state index in [2.05, 4.69) is 47.6 Å². The van der Waals surface area contributed by atoms with Gasteiger partial charge < -0.3 is 11.1 Å². The second-order valence-electron chi connectivity index (χ2n) is 7.93. The minimum Gasteiger partial charge on any atom is -0.397 e. The number of rotatable bonds is 4. The van der Waals surface area contributed by atoms with E-state index in [1.165, 1.54) is 16.9 Å². The van der Waals surface area contributed by atoms with Gasteiger partial charge in [-0.1, -0.05) is 66.2 Å². The molecule has 3 aromatic heterocycles. The van der Waals surface area contributed by atoms with Gasteiger partial charge in [0, 0.05) is 16.6 Å². The van der Waals surface area contributed by atoms with Crippen LogP contribution in [0, 0.1) is 13.8 Å². The molecule has 6 heteroatoms. The Morgan fingerprint density at radius 2 is 1.64 bits per heavy atom. The van der Waals surface area contributed by atoms with Gasteiger partial charge in [0.1, 0.15) is 15.5 Å². The van der Waals surface area contributed by atoms with E-state index in [1.54, 1.807) is 6.07 Å². The van der Waals surface area contributed by atoms with Gasteiger partial charge in [-0.05, 0) is 43.2 Å². The van der Waals surface area contributed by atoms with Crippen molar-refractivity contribution in [3.8, 4) is 22.4 Å². The molecule has 1 amide bonds. The van der Waals surface area contributed by atoms with Crippen molar-refractivity contribution in [1.29, 1.82) is 0 Å². The third-order valence-corrected chi connectivity index (χ3v) is 6.57. The summed E-state index contributed by atoms with van der Waals surface area (Å²) >= 11 is 1.30. The number of pyridine rings is 2. The van der Waals surface area contributed by atoms with Crippen LogP contribution in [-0.2, 0) is 0 Å². The highest BCUT2D eigenvalue weighted by atomic mass is 32.1. The summed E-state index contributed by atoms with van der Waals surface area (Å²) in [6.45, 7) is 3.94. The van der Waals surface area contributed by atoms with E-state index in [9.17, 15) is 4.79 Å². The molecule has 5 aromatic rings. The van der Waals surface area contributed by atoms with Crippen molar-refractivity contribution >= 4 is 39.0 Å². The molecule has 5 rings (SSSR count). The number of nitrogens with one attached hydrogen (secondary N) is 1. The number of benzene rings is 2. The maximum absolute atomic E-state index is 13.1. The summed E-state index contributed by atoms with van der Waals surface area (Å²) in [7, 11) is 0. The highest BCUT2D eigenvalue weighted by molar-refractivity contribution is 7.21. The number of hydrogen-bond acceptors (Lipinski definition) is 5. The molecule has 0 saturated carbocycles. The Morgan fingerprint density at radius 1 is 0.879 bits per heavy atom. The first kappa shape index (κ1) is 20.8. The molecule has 0 atom stereocenters. The van der Waals surface area contributed by atoms with E-state index >= 15 is 0 Å². The lowest BCUT2D eigenvalue weighted by Gasteiger charge is -2.09. The van der Waals surface area contributed by atoms with Crippen molar-refractivity contribution in [3.63, 3.8) is 0 Å². The van der Waals surface area contributed by atoms with Crippen molar-refractivity contribution in [2.45, 2.75) is 13.8 Å². The molecule has 0 unspecified atom stereocenters. The summed E-state index contributed by atoms with van der Waals surface area (Å²) in [6, 6.07) is 25.9. The van der Waals surface area contributed by atoms with Gasteiger partial charge in [-0.25, -0.2) is 9.97 Å². The van der Waals surface area contributed by atoms with Crippen LogP contribution < -0.4 is 11.1 Å². The molecule has 0 saturated heterocycles. The van der Waals surface area contributed by atoms with Gasteiger partial charge in [-0.3, -0.25) is 4.79 Å². The number of carbonyl (C=O) groups is 1. The van der Waals surface area contributed by atoms with Gasteiger partial charge in [0.15, 0.2) is 0 Å². The van der Waals surface area contributed by atoms with Crippen LogP contribution in [0.5, 0.6) is 0 Å². The lowest BCUT2D eigenvalue weighted by molar-refractivity contribution is 0.103. The molecule has 3 N–H and O–H groups in total. The largest absolute Gasteiger partial charge is 0.397 e. The monoisotopic (exact) mass is 450 g/mol. The average Bonchev–Trinajstić information content (AvgIpc) is 3.16. The number of nitrogens with zero attached hydrogens (tertiary/aromatic N) is 2. The Kier molecular flexibility index (Phi) is 5.36. The summed E-state index contributed by atoms with van der Waals surface area (Å²) in [4.78, 5) is 23.5. The van der Waals surface area contributed by atoms with Crippen LogP contribution >= 0.6 is 11.3 Å². The summed E-state index contributed by atoms with van der Waals surface area (Å²) in [5, 5.41) is 3.66. The molecular formula is C27H22N4OS.